The molecule has 1 amide bonds. The van der Waals surface area contributed by atoms with Gasteiger partial charge in [0.2, 0.25) is 0 Å². The number of nitrogens with two attached hydrogens (primary N) is 1. The maximum atomic E-state index is 12.4. The summed E-state index contributed by atoms with van der Waals surface area (Å²) in [7, 11) is 3.62. The predicted molar refractivity (Wildman–Crippen MR) is 81.2 cm³/mol. The van der Waals surface area contributed by atoms with Crippen molar-refractivity contribution in [1.29, 1.82) is 0 Å². The third-order valence-corrected chi connectivity index (χ3v) is 4.46. The Morgan fingerprint density at radius 3 is 2.85 bits per heavy atom. The molecule has 0 spiro atoms. The molecule has 0 aliphatic rings. The van der Waals surface area contributed by atoms with Crippen LogP contribution in [0.25, 0.3) is 10.2 Å². The van der Waals surface area contributed by atoms with Gasteiger partial charge in [-0.3, -0.25) is 9.48 Å². The van der Waals surface area contributed by atoms with E-state index in [4.69, 9.17) is 10.5 Å². The fourth-order valence-corrected chi connectivity index (χ4v) is 3.29. The molecule has 0 saturated carbocycles. The lowest BCUT2D eigenvalue weighted by atomic mass is 10.2. The minimum atomic E-state index is -0.0668. The van der Waals surface area contributed by atoms with E-state index in [2.05, 4.69) is 5.10 Å². The number of hydrogen-bond acceptors (Lipinski definition) is 5. The van der Waals surface area contributed by atoms with Crippen molar-refractivity contribution in [3.05, 3.63) is 10.6 Å². The largest absolute Gasteiger partial charge is 0.397 e. The average Bonchev–Trinajstić information content (AvgIpc) is 2.88. The zero-order valence-corrected chi connectivity index (χ0v) is 13.1. The number of rotatable bonds is 5. The zero-order chi connectivity index (χ0) is 14.9. The Morgan fingerprint density at radius 1 is 1.55 bits per heavy atom. The molecule has 2 aromatic rings. The van der Waals surface area contributed by atoms with Crippen LogP contribution in [0.4, 0.5) is 5.69 Å². The topological polar surface area (TPSA) is 73.4 Å². The lowest BCUT2D eigenvalue weighted by Crippen LogP contribution is -2.30. The highest BCUT2D eigenvalue weighted by atomic mass is 32.1. The molecule has 20 heavy (non-hydrogen) atoms. The lowest BCUT2D eigenvalue weighted by Gasteiger charge is -2.16. The third kappa shape index (κ3) is 2.51. The lowest BCUT2D eigenvalue weighted by molar-refractivity contribution is 0.0715. The van der Waals surface area contributed by atoms with Gasteiger partial charge in [-0.25, -0.2) is 0 Å². The van der Waals surface area contributed by atoms with Crippen LogP contribution in [0.15, 0.2) is 0 Å². The summed E-state index contributed by atoms with van der Waals surface area (Å²) in [5.41, 5.74) is 7.51. The third-order valence-electron chi connectivity index (χ3n) is 3.20. The monoisotopic (exact) mass is 296 g/mol. The standard InChI is InChI=1S/C13H20N4O2S/c1-5-19-7-6-16(3)12(18)11-10(14)9-8(2)15-17(4)13(9)20-11/h5-7,14H2,1-4H3. The van der Waals surface area contributed by atoms with Crippen molar-refractivity contribution >= 4 is 33.1 Å². The first-order valence-electron chi connectivity index (χ1n) is 6.52. The molecular formula is C13H20N4O2S. The Morgan fingerprint density at radius 2 is 2.25 bits per heavy atom. The fraction of sp³-hybridized carbons (Fsp3) is 0.538. The number of fused-ring (bicyclic) bond motifs is 1. The molecule has 2 heterocycles. The Balaban J connectivity index is 2.26. The summed E-state index contributed by atoms with van der Waals surface area (Å²) in [5.74, 6) is -0.0668. The van der Waals surface area contributed by atoms with Crippen LogP contribution < -0.4 is 5.73 Å². The second-order valence-electron chi connectivity index (χ2n) is 4.66. The molecule has 0 bridgehead atoms. The number of aromatic nitrogens is 2. The van der Waals surface area contributed by atoms with Gasteiger partial charge in [-0.2, -0.15) is 5.10 Å². The summed E-state index contributed by atoms with van der Waals surface area (Å²) in [6, 6.07) is 0. The number of carbonyl (C=O) groups excluding carboxylic acids is 1. The molecule has 0 aromatic carbocycles. The van der Waals surface area contributed by atoms with Gasteiger partial charge in [-0.15, -0.1) is 11.3 Å². The summed E-state index contributed by atoms with van der Waals surface area (Å²) in [6.07, 6.45) is 0. The number of nitrogen functional groups attached to an aromatic ring is 1. The number of ether oxygens (including phenoxy) is 1. The van der Waals surface area contributed by atoms with Crippen LogP contribution in [0, 0.1) is 6.92 Å². The second kappa shape index (κ2) is 5.80. The fourth-order valence-electron chi connectivity index (χ4n) is 2.11. The number of thiophene rings is 1. The number of aryl methyl sites for hydroxylation is 2. The maximum absolute atomic E-state index is 12.4. The smallest absolute Gasteiger partial charge is 0.265 e. The van der Waals surface area contributed by atoms with Crippen molar-refractivity contribution in [3.63, 3.8) is 0 Å². The molecule has 110 valence electrons. The summed E-state index contributed by atoms with van der Waals surface area (Å²) in [6.45, 7) is 5.57. The van der Waals surface area contributed by atoms with Gasteiger partial charge in [0.15, 0.2) is 0 Å². The number of amides is 1. The first-order valence-corrected chi connectivity index (χ1v) is 7.33. The van der Waals surface area contributed by atoms with E-state index in [0.717, 1.165) is 15.9 Å². The zero-order valence-electron chi connectivity index (χ0n) is 12.3. The minimum Gasteiger partial charge on any atom is -0.397 e. The number of carbonyl (C=O) groups is 1. The molecule has 7 heteroatoms. The molecule has 0 aliphatic heterocycles. The highest BCUT2D eigenvalue weighted by Gasteiger charge is 2.23. The van der Waals surface area contributed by atoms with Crippen LogP contribution in [0.5, 0.6) is 0 Å². The Labute approximate surface area is 122 Å². The van der Waals surface area contributed by atoms with Crippen LogP contribution in [0.1, 0.15) is 22.3 Å². The van der Waals surface area contributed by atoms with E-state index in [9.17, 15) is 4.79 Å². The molecular weight excluding hydrogens is 276 g/mol. The molecule has 2 N–H and O–H groups in total. The van der Waals surface area contributed by atoms with E-state index >= 15 is 0 Å². The van der Waals surface area contributed by atoms with Crippen molar-refractivity contribution in [1.82, 2.24) is 14.7 Å². The molecule has 0 saturated heterocycles. The number of likely N-dealkylation sites (N-methyl/N-ethyl adjacent to an activating group) is 1. The molecule has 0 fully saturated rings. The summed E-state index contributed by atoms with van der Waals surface area (Å²) >= 11 is 1.39. The number of anilines is 1. The second-order valence-corrected chi connectivity index (χ2v) is 5.66. The summed E-state index contributed by atoms with van der Waals surface area (Å²) in [4.78, 5) is 15.6. The summed E-state index contributed by atoms with van der Waals surface area (Å²) in [5, 5.41) is 5.21. The average molecular weight is 296 g/mol. The maximum Gasteiger partial charge on any atom is 0.265 e. The van der Waals surface area contributed by atoms with Crippen molar-refractivity contribution in [2.45, 2.75) is 13.8 Å². The quantitative estimate of drug-likeness (QED) is 0.851. The van der Waals surface area contributed by atoms with Crippen LogP contribution in [-0.4, -0.2) is 47.4 Å². The van der Waals surface area contributed by atoms with E-state index < -0.39 is 0 Å². The highest BCUT2D eigenvalue weighted by molar-refractivity contribution is 7.21. The van der Waals surface area contributed by atoms with Crippen molar-refractivity contribution in [2.75, 3.05) is 32.5 Å². The van der Waals surface area contributed by atoms with Crippen molar-refractivity contribution < 1.29 is 9.53 Å². The van der Waals surface area contributed by atoms with E-state index in [1.165, 1.54) is 11.3 Å². The van der Waals surface area contributed by atoms with Crippen LogP contribution in [-0.2, 0) is 11.8 Å². The number of nitrogens with zero attached hydrogens (tertiary/aromatic N) is 3. The predicted octanol–water partition coefficient (Wildman–Crippen LogP) is 1.63. The van der Waals surface area contributed by atoms with Gasteiger partial charge in [-0.05, 0) is 13.8 Å². The van der Waals surface area contributed by atoms with Gasteiger partial charge in [0.05, 0.1) is 23.4 Å². The SMILES string of the molecule is CCOCCN(C)C(=O)c1sc2c(c(C)nn2C)c1N. The van der Waals surface area contributed by atoms with Gasteiger partial charge in [0.25, 0.3) is 5.91 Å². The van der Waals surface area contributed by atoms with Crippen LogP contribution in [0.2, 0.25) is 0 Å². The van der Waals surface area contributed by atoms with E-state index in [1.807, 2.05) is 20.9 Å². The van der Waals surface area contributed by atoms with Gasteiger partial charge in [0, 0.05) is 27.2 Å². The van der Waals surface area contributed by atoms with Crippen molar-refractivity contribution in [2.24, 2.45) is 7.05 Å². The molecule has 0 unspecified atom stereocenters. The molecule has 6 nitrogen and oxygen atoms in total. The van der Waals surface area contributed by atoms with Gasteiger partial charge in [-0.1, -0.05) is 0 Å². The normalized spacial score (nSPS) is 11.2. The molecule has 0 radical (unpaired) electrons. The molecule has 2 rings (SSSR count). The first kappa shape index (κ1) is 14.8. The van der Waals surface area contributed by atoms with Gasteiger partial charge >= 0.3 is 0 Å². The minimum absolute atomic E-state index is 0.0668. The Hall–Kier alpha value is -1.60. The Bertz CT molecular complexity index is 632. The molecule has 2 aromatic heterocycles. The van der Waals surface area contributed by atoms with Crippen LogP contribution in [0.3, 0.4) is 0 Å². The van der Waals surface area contributed by atoms with Gasteiger partial charge < -0.3 is 15.4 Å². The Kier molecular flexibility index (Phi) is 4.29. The molecule has 0 aliphatic carbocycles. The highest BCUT2D eigenvalue weighted by Crippen LogP contribution is 2.35. The first-order chi connectivity index (χ1) is 9.47. The molecule has 0 atom stereocenters. The van der Waals surface area contributed by atoms with E-state index in [1.54, 1.807) is 16.6 Å². The summed E-state index contributed by atoms with van der Waals surface area (Å²) < 4.78 is 7.03. The van der Waals surface area contributed by atoms with Crippen molar-refractivity contribution in [3.8, 4) is 0 Å². The van der Waals surface area contributed by atoms with Crippen LogP contribution >= 0.6 is 11.3 Å². The number of hydrogen-bond donors (Lipinski definition) is 1. The van der Waals surface area contributed by atoms with Gasteiger partial charge in [0.1, 0.15) is 9.71 Å². The van der Waals surface area contributed by atoms with E-state index in [-0.39, 0.29) is 5.91 Å². The van der Waals surface area contributed by atoms with E-state index in [0.29, 0.717) is 30.3 Å².